The highest BCUT2D eigenvalue weighted by atomic mass is 16.1. The predicted octanol–water partition coefficient (Wildman–Crippen LogP) is 4.21. The zero-order valence-corrected chi connectivity index (χ0v) is 13.9. The zero-order chi connectivity index (χ0) is 15.8. The van der Waals surface area contributed by atoms with E-state index < -0.39 is 0 Å². The molecule has 2 nitrogen and oxygen atoms in total. The first-order chi connectivity index (χ1) is 11.2. The molecule has 2 heteroatoms. The van der Waals surface area contributed by atoms with Crippen LogP contribution in [0.5, 0.6) is 0 Å². The van der Waals surface area contributed by atoms with Gasteiger partial charge < -0.3 is 4.90 Å². The number of carbonyl (C=O) groups excluding carboxylic acids is 1. The van der Waals surface area contributed by atoms with Gasteiger partial charge in [0, 0.05) is 24.4 Å². The van der Waals surface area contributed by atoms with Crippen LogP contribution in [-0.4, -0.2) is 29.8 Å². The number of hydrogen-bond acceptors (Lipinski definition) is 2. The van der Waals surface area contributed by atoms with Gasteiger partial charge in [-0.1, -0.05) is 48.9 Å². The van der Waals surface area contributed by atoms with E-state index in [0.29, 0.717) is 24.3 Å². The lowest BCUT2D eigenvalue weighted by molar-refractivity contribution is -0.125. The Labute approximate surface area is 138 Å². The Kier molecular flexibility index (Phi) is 3.94. The minimum Gasteiger partial charge on any atom is -0.300 e. The van der Waals surface area contributed by atoms with E-state index in [1.54, 1.807) is 0 Å². The number of hydrogen-bond donors (Lipinski definition) is 0. The molecule has 0 spiro atoms. The van der Waals surface area contributed by atoms with Crippen molar-refractivity contribution < 1.29 is 4.79 Å². The van der Waals surface area contributed by atoms with Gasteiger partial charge in [-0.15, -0.1) is 0 Å². The first-order valence-electron chi connectivity index (χ1n) is 8.93. The van der Waals surface area contributed by atoms with E-state index in [2.05, 4.69) is 54.4 Å². The molecule has 23 heavy (non-hydrogen) atoms. The summed E-state index contributed by atoms with van der Waals surface area (Å²) in [6.45, 7) is 0. The second-order valence-corrected chi connectivity index (χ2v) is 7.35. The Morgan fingerprint density at radius 1 is 1.04 bits per heavy atom. The lowest BCUT2D eigenvalue weighted by atomic mass is 9.76. The third-order valence-electron chi connectivity index (χ3n) is 6.04. The minimum atomic E-state index is 0.264. The number of piperidine rings is 2. The Hall–Kier alpha value is -1.67. The molecule has 2 aliphatic heterocycles. The molecular weight excluding hydrogens is 282 g/mol. The van der Waals surface area contributed by atoms with Gasteiger partial charge in [0.05, 0.1) is 0 Å². The van der Waals surface area contributed by atoms with Crippen molar-refractivity contribution in [2.24, 2.45) is 5.92 Å². The molecule has 0 radical (unpaired) electrons. The molecule has 2 bridgehead atoms. The fourth-order valence-electron chi connectivity index (χ4n) is 4.66. The Morgan fingerprint density at radius 3 is 2.52 bits per heavy atom. The second kappa shape index (κ2) is 6.09. The summed E-state index contributed by atoms with van der Waals surface area (Å²) in [5, 5.41) is 2.47. The third kappa shape index (κ3) is 2.81. The van der Waals surface area contributed by atoms with Crippen LogP contribution in [0.1, 0.15) is 37.7 Å². The number of ketones is 1. The van der Waals surface area contributed by atoms with Crippen molar-refractivity contribution >= 4 is 16.6 Å². The molecule has 0 saturated carbocycles. The zero-order valence-electron chi connectivity index (χ0n) is 13.9. The molecule has 2 aromatic carbocycles. The number of fused-ring (bicyclic) bond motifs is 3. The monoisotopic (exact) mass is 307 g/mol. The summed E-state index contributed by atoms with van der Waals surface area (Å²) in [7, 11) is 2.25. The summed E-state index contributed by atoms with van der Waals surface area (Å²) in [6.07, 6.45) is 6.60. The van der Waals surface area contributed by atoms with Crippen LogP contribution in [0.25, 0.3) is 10.8 Å². The maximum Gasteiger partial charge on any atom is 0.140 e. The van der Waals surface area contributed by atoms with Crippen molar-refractivity contribution in [2.75, 3.05) is 7.05 Å². The second-order valence-electron chi connectivity index (χ2n) is 7.35. The molecule has 2 aromatic rings. The van der Waals surface area contributed by atoms with Gasteiger partial charge >= 0.3 is 0 Å². The van der Waals surface area contributed by atoms with Crippen LogP contribution >= 0.6 is 0 Å². The van der Waals surface area contributed by atoms with Crippen molar-refractivity contribution in [1.29, 1.82) is 0 Å². The van der Waals surface area contributed by atoms with Gasteiger partial charge in [-0.25, -0.2) is 0 Å². The van der Waals surface area contributed by atoms with Crippen LogP contribution in [0.3, 0.4) is 0 Å². The van der Waals surface area contributed by atoms with E-state index in [-0.39, 0.29) is 5.92 Å². The fraction of sp³-hybridized carbons (Fsp3) is 0.476. The Morgan fingerprint density at radius 2 is 1.74 bits per heavy atom. The molecule has 2 fully saturated rings. The maximum absolute atomic E-state index is 12.9. The van der Waals surface area contributed by atoms with Crippen molar-refractivity contribution in [1.82, 2.24) is 4.90 Å². The van der Waals surface area contributed by atoms with Crippen LogP contribution in [0.2, 0.25) is 0 Å². The highest BCUT2D eigenvalue weighted by molar-refractivity contribution is 5.91. The molecule has 0 amide bonds. The number of benzene rings is 2. The Bertz CT molecular complexity index is 703. The van der Waals surface area contributed by atoms with Crippen LogP contribution in [0.4, 0.5) is 0 Å². The van der Waals surface area contributed by atoms with Gasteiger partial charge in [-0.05, 0) is 49.1 Å². The number of rotatable bonds is 3. The number of Topliss-reactive ketones (excluding diaryl/α,β-unsaturated/α-hetero) is 1. The first-order valence-corrected chi connectivity index (χ1v) is 8.93. The molecule has 2 unspecified atom stereocenters. The molecule has 2 aliphatic rings. The normalized spacial score (nSPS) is 28.0. The summed E-state index contributed by atoms with van der Waals surface area (Å²) in [6, 6.07) is 16.0. The van der Waals surface area contributed by atoms with E-state index in [1.165, 1.54) is 35.6 Å². The highest BCUT2D eigenvalue weighted by Crippen LogP contribution is 2.36. The van der Waals surface area contributed by atoms with Gasteiger partial charge in [0.1, 0.15) is 5.78 Å². The standard InChI is InChI=1S/C21H25NO/c1-22-18-9-5-10-19(22)13-17(12-18)21(23)14-16-8-4-7-15-6-2-3-11-20(15)16/h2-4,6-8,11,17-19H,5,9-10,12-14H2,1H3. The quantitative estimate of drug-likeness (QED) is 0.846. The van der Waals surface area contributed by atoms with Crippen LogP contribution in [0.15, 0.2) is 42.5 Å². The average molecular weight is 307 g/mol. The highest BCUT2D eigenvalue weighted by Gasteiger charge is 2.38. The predicted molar refractivity (Wildman–Crippen MR) is 94.6 cm³/mol. The molecule has 120 valence electrons. The molecule has 0 aromatic heterocycles. The minimum absolute atomic E-state index is 0.264. The van der Waals surface area contributed by atoms with E-state index in [1.807, 2.05) is 0 Å². The number of nitrogens with zero attached hydrogens (tertiary/aromatic N) is 1. The van der Waals surface area contributed by atoms with E-state index in [4.69, 9.17) is 0 Å². The summed E-state index contributed by atoms with van der Waals surface area (Å²) in [5.41, 5.74) is 1.19. The molecule has 0 aliphatic carbocycles. The van der Waals surface area contributed by atoms with Crippen molar-refractivity contribution in [3.05, 3.63) is 48.0 Å². The van der Waals surface area contributed by atoms with Crippen LogP contribution < -0.4 is 0 Å². The smallest absolute Gasteiger partial charge is 0.140 e. The first kappa shape index (κ1) is 14.9. The van der Waals surface area contributed by atoms with Gasteiger partial charge in [0.15, 0.2) is 0 Å². The van der Waals surface area contributed by atoms with Crippen molar-refractivity contribution in [3.63, 3.8) is 0 Å². The summed E-state index contributed by atoms with van der Waals surface area (Å²) in [4.78, 5) is 15.5. The van der Waals surface area contributed by atoms with Gasteiger partial charge in [-0.3, -0.25) is 4.79 Å². The van der Waals surface area contributed by atoms with Gasteiger partial charge in [0.2, 0.25) is 0 Å². The topological polar surface area (TPSA) is 20.3 Å². The van der Waals surface area contributed by atoms with E-state index in [0.717, 1.165) is 12.8 Å². The lowest BCUT2D eigenvalue weighted by Gasteiger charge is -2.46. The molecular formula is C21H25NO. The SMILES string of the molecule is CN1C2CCCC1CC(C(=O)Cc1cccc3ccccc13)C2. The average Bonchev–Trinajstić information content (AvgIpc) is 2.55. The van der Waals surface area contributed by atoms with E-state index >= 15 is 0 Å². The molecule has 2 atom stereocenters. The summed E-state index contributed by atoms with van der Waals surface area (Å²) in [5.74, 6) is 0.715. The van der Waals surface area contributed by atoms with Crippen LogP contribution in [-0.2, 0) is 11.2 Å². The Balaban J connectivity index is 1.53. The molecule has 4 rings (SSSR count). The maximum atomic E-state index is 12.9. The largest absolute Gasteiger partial charge is 0.300 e. The van der Waals surface area contributed by atoms with Gasteiger partial charge in [0.25, 0.3) is 0 Å². The van der Waals surface area contributed by atoms with Crippen molar-refractivity contribution in [3.8, 4) is 0 Å². The molecule has 2 heterocycles. The third-order valence-corrected chi connectivity index (χ3v) is 6.04. The van der Waals surface area contributed by atoms with Crippen LogP contribution in [0, 0.1) is 5.92 Å². The summed E-state index contributed by atoms with van der Waals surface area (Å²) < 4.78 is 0. The van der Waals surface area contributed by atoms with Crippen molar-refractivity contribution in [2.45, 2.75) is 50.6 Å². The fourth-order valence-corrected chi connectivity index (χ4v) is 4.66. The number of carbonyl (C=O) groups is 1. The lowest BCUT2D eigenvalue weighted by Crippen LogP contribution is -2.51. The van der Waals surface area contributed by atoms with E-state index in [9.17, 15) is 4.79 Å². The molecule has 0 N–H and O–H groups in total. The summed E-state index contributed by atoms with van der Waals surface area (Å²) >= 11 is 0. The van der Waals surface area contributed by atoms with Gasteiger partial charge in [-0.2, -0.15) is 0 Å². The molecule has 2 saturated heterocycles.